The van der Waals surface area contributed by atoms with Crippen molar-refractivity contribution in [2.24, 2.45) is 28.9 Å². The number of hydrogen-bond acceptors (Lipinski definition) is 8. The summed E-state index contributed by atoms with van der Waals surface area (Å²) in [5.41, 5.74) is 11.4. The van der Waals surface area contributed by atoms with Crippen LogP contribution in [0.3, 0.4) is 0 Å². The van der Waals surface area contributed by atoms with Crippen LogP contribution >= 0.6 is 0 Å². The van der Waals surface area contributed by atoms with Gasteiger partial charge in [0.2, 0.25) is 5.91 Å². The van der Waals surface area contributed by atoms with Crippen molar-refractivity contribution < 1.29 is 24.3 Å². The number of rotatable bonds is 13. The molecule has 0 aromatic heterocycles. The molecule has 282 valence electrons. The van der Waals surface area contributed by atoms with E-state index in [0.29, 0.717) is 29.7 Å². The predicted molar refractivity (Wildman–Crippen MR) is 207 cm³/mol. The van der Waals surface area contributed by atoms with Gasteiger partial charge in [-0.1, -0.05) is 76.2 Å². The van der Waals surface area contributed by atoms with Gasteiger partial charge < -0.3 is 31.1 Å². The Labute approximate surface area is 310 Å². The Hall–Kier alpha value is -3.96. The van der Waals surface area contributed by atoms with Crippen LogP contribution in [0.1, 0.15) is 68.9 Å². The molecule has 5 rings (SSSR count). The number of hydroxylamine groups is 2. The molecule has 2 aliphatic rings. The molecule has 1 aliphatic carbocycles. The topological polar surface area (TPSA) is 129 Å². The maximum atomic E-state index is 14.2. The lowest BCUT2D eigenvalue weighted by atomic mass is 9.64. The molecule has 2 fully saturated rings. The molecule has 1 heterocycles. The predicted octanol–water partition coefficient (Wildman–Crippen LogP) is 5.42. The first-order valence-electron chi connectivity index (χ1n) is 18.7. The Kier molecular flexibility index (Phi) is 12.7. The minimum Gasteiger partial charge on any atom is -0.496 e. The maximum Gasteiger partial charge on any atom is 0.251 e. The van der Waals surface area contributed by atoms with Crippen LogP contribution in [0.5, 0.6) is 5.75 Å². The minimum absolute atomic E-state index is 0.0236. The van der Waals surface area contributed by atoms with E-state index in [9.17, 15) is 14.7 Å². The molecule has 1 saturated carbocycles. The number of methoxy groups -OCH3 is 1. The van der Waals surface area contributed by atoms with Crippen molar-refractivity contribution in [1.29, 1.82) is 0 Å². The van der Waals surface area contributed by atoms with Gasteiger partial charge in [-0.05, 0) is 72.8 Å². The molecule has 2 amide bonds. The van der Waals surface area contributed by atoms with E-state index in [4.69, 9.17) is 15.3 Å². The molecule has 3 aromatic carbocycles. The number of aliphatic hydroxyl groups excluding tert-OH is 1. The van der Waals surface area contributed by atoms with E-state index in [1.54, 1.807) is 19.1 Å². The summed E-state index contributed by atoms with van der Waals surface area (Å²) in [6.45, 7) is 11.7. The van der Waals surface area contributed by atoms with Gasteiger partial charge in [-0.3, -0.25) is 14.4 Å². The second-order valence-corrected chi connectivity index (χ2v) is 15.8. The maximum absolute atomic E-state index is 14.2. The lowest BCUT2D eigenvalue weighted by Crippen LogP contribution is -2.55. The van der Waals surface area contributed by atoms with E-state index in [0.717, 1.165) is 47.2 Å². The van der Waals surface area contributed by atoms with Crippen LogP contribution in [0.4, 0.5) is 5.69 Å². The number of benzene rings is 3. The number of ether oxygens (including phenoxy) is 1. The van der Waals surface area contributed by atoms with Gasteiger partial charge >= 0.3 is 0 Å². The second kappa shape index (κ2) is 16.8. The summed E-state index contributed by atoms with van der Waals surface area (Å²) in [6, 6.07) is 21.0. The van der Waals surface area contributed by atoms with Crippen molar-refractivity contribution in [3.05, 3.63) is 83.4 Å². The molecule has 10 nitrogen and oxygen atoms in total. The van der Waals surface area contributed by atoms with Gasteiger partial charge in [-0.15, -0.1) is 0 Å². The summed E-state index contributed by atoms with van der Waals surface area (Å²) in [6.07, 6.45) is 1.28. The highest BCUT2D eigenvalue weighted by atomic mass is 16.7. The van der Waals surface area contributed by atoms with Crippen molar-refractivity contribution in [3.8, 4) is 16.9 Å². The van der Waals surface area contributed by atoms with Crippen LogP contribution in [0, 0.1) is 23.2 Å². The van der Waals surface area contributed by atoms with Crippen molar-refractivity contribution in [3.63, 3.8) is 0 Å². The molecule has 0 unspecified atom stereocenters. The zero-order chi connectivity index (χ0) is 37.7. The third-order valence-corrected chi connectivity index (χ3v) is 11.4. The Balaban J connectivity index is 1.42. The standard InChI is InChI=1S/C42H59N5O5/c1-26-23-42(4,5)27(2)19-35(26)45-41(50)38-37(28(3)48)36(24-43)52-47(38)25-30-15-12-16-34(39(30)51-8)31-20-32(22-33(21-31)46(6)7)40(49)44-18-17-29-13-10-9-11-14-29/h9-16,20-22,26-28,35-38,48H,17-19,23-25,43H2,1-8H3,(H,44,49)(H,45,50)/t26-,27+,28-,35-,36-,37+,38-/m0/s1. The minimum atomic E-state index is -0.824. The quantitative estimate of drug-likeness (QED) is 0.185. The van der Waals surface area contributed by atoms with Crippen molar-refractivity contribution in [2.75, 3.05) is 39.2 Å². The van der Waals surface area contributed by atoms with Crippen LogP contribution in [-0.4, -0.2) is 80.6 Å². The van der Waals surface area contributed by atoms with Gasteiger partial charge in [-0.2, -0.15) is 5.06 Å². The average molecular weight is 714 g/mol. The summed E-state index contributed by atoms with van der Waals surface area (Å²) in [5.74, 6) is 0.532. The lowest BCUT2D eigenvalue weighted by Gasteiger charge is -2.45. The number of nitrogens with one attached hydrogen (secondary N) is 2. The van der Waals surface area contributed by atoms with Crippen molar-refractivity contribution >= 4 is 17.5 Å². The fourth-order valence-electron chi connectivity index (χ4n) is 8.06. The smallest absolute Gasteiger partial charge is 0.251 e. The van der Waals surface area contributed by atoms with Crippen LogP contribution in [0.15, 0.2) is 66.7 Å². The zero-order valence-corrected chi connectivity index (χ0v) is 32.2. The van der Waals surface area contributed by atoms with E-state index in [1.165, 1.54) is 0 Å². The highest BCUT2D eigenvalue weighted by Crippen LogP contribution is 2.44. The van der Waals surface area contributed by atoms with E-state index < -0.39 is 24.2 Å². The van der Waals surface area contributed by atoms with Gasteiger partial charge in [0.05, 0.1) is 25.9 Å². The Morgan fingerprint density at radius 3 is 2.48 bits per heavy atom. The van der Waals surface area contributed by atoms with Gasteiger partial charge in [0.15, 0.2) is 0 Å². The largest absolute Gasteiger partial charge is 0.496 e. The molecule has 3 aromatic rings. The summed E-state index contributed by atoms with van der Waals surface area (Å²) >= 11 is 0. The third-order valence-electron chi connectivity index (χ3n) is 11.4. The normalized spacial score (nSPS) is 25.0. The number of carbonyl (C=O) groups excluding carboxylic acids is 2. The third kappa shape index (κ3) is 8.80. The molecule has 52 heavy (non-hydrogen) atoms. The summed E-state index contributed by atoms with van der Waals surface area (Å²) in [7, 11) is 5.52. The summed E-state index contributed by atoms with van der Waals surface area (Å²) in [5, 5.41) is 19.1. The van der Waals surface area contributed by atoms with Crippen LogP contribution in [-0.2, 0) is 22.6 Å². The fraction of sp³-hybridized carbons (Fsp3) is 0.524. The number of nitrogens with two attached hydrogens (primary N) is 1. The monoisotopic (exact) mass is 713 g/mol. The van der Waals surface area contributed by atoms with Crippen molar-refractivity contribution in [2.45, 2.75) is 84.7 Å². The van der Waals surface area contributed by atoms with Crippen molar-refractivity contribution in [1.82, 2.24) is 15.7 Å². The number of carbonyl (C=O) groups is 2. The SMILES string of the molecule is COc1c(CN2O[C@@H](CN)[C@@H]([C@H](C)O)[C@H]2C(=O)N[C@H]2C[C@@H](C)C(C)(C)C[C@@H]2C)cccc1-c1cc(C(=O)NCCc2ccccc2)cc(N(C)C)c1. The van der Waals surface area contributed by atoms with E-state index in [-0.39, 0.29) is 36.4 Å². The summed E-state index contributed by atoms with van der Waals surface area (Å²) in [4.78, 5) is 36.0. The summed E-state index contributed by atoms with van der Waals surface area (Å²) < 4.78 is 6.07. The zero-order valence-electron chi connectivity index (χ0n) is 32.2. The highest BCUT2D eigenvalue weighted by Gasteiger charge is 2.50. The number of aliphatic hydroxyl groups is 1. The highest BCUT2D eigenvalue weighted by molar-refractivity contribution is 5.97. The molecule has 7 atom stereocenters. The Bertz CT molecular complexity index is 1680. The number of hydrogen-bond donors (Lipinski definition) is 4. The average Bonchev–Trinajstić information content (AvgIpc) is 3.49. The van der Waals surface area contributed by atoms with Gasteiger partial charge in [0.25, 0.3) is 5.91 Å². The van der Waals surface area contributed by atoms with Gasteiger partial charge in [0.1, 0.15) is 11.8 Å². The lowest BCUT2D eigenvalue weighted by molar-refractivity contribution is -0.174. The van der Waals surface area contributed by atoms with Gasteiger partial charge in [-0.25, -0.2) is 0 Å². The number of para-hydroxylation sites is 1. The Morgan fingerprint density at radius 1 is 1.10 bits per heavy atom. The fourth-order valence-corrected chi connectivity index (χ4v) is 8.06. The van der Waals surface area contributed by atoms with E-state index in [2.05, 4.69) is 50.5 Å². The molecular weight excluding hydrogens is 654 g/mol. The molecular formula is C42H59N5O5. The first-order valence-corrected chi connectivity index (χ1v) is 18.7. The van der Waals surface area contributed by atoms with Crippen LogP contribution in [0.25, 0.3) is 11.1 Å². The van der Waals surface area contributed by atoms with Gasteiger partial charge in [0, 0.05) is 61.5 Å². The molecule has 0 radical (unpaired) electrons. The van der Waals surface area contributed by atoms with E-state index in [1.807, 2.05) is 73.6 Å². The first-order chi connectivity index (χ1) is 24.7. The molecule has 0 bridgehead atoms. The molecule has 10 heteroatoms. The molecule has 5 N–H and O–H groups in total. The number of anilines is 1. The number of nitrogens with zero attached hydrogens (tertiary/aromatic N) is 2. The first kappa shape index (κ1) is 39.3. The molecule has 1 aliphatic heterocycles. The van der Waals surface area contributed by atoms with E-state index >= 15 is 0 Å². The van der Waals surface area contributed by atoms with Crippen LogP contribution in [0.2, 0.25) is 0 Å². The Morgan fingerprint density at radius 2 is 1.83 bits per heavy atom. The second-order valence-electron chi connectivity index (χ2n) is 15.8. The molecule has 1 saturated heterocycles. The molecule has 0 spiro atoms. The van der Waals surface area contributed by atoms with Crippen LogP contribution < -0.4 is 26.0 Å². The number of amides is 2.